The average Bonchev–Trinajstić information content (AvgIpc) is 2.83. The number of para-hydroxylation sites is 2. The van der Waals surface area contributed by atoms with Crippen LogP contribution in [0.25, 0.3) is 0 Å². The molecule has 2 N–H and O–H groups in total. The number of rotatable bonds is 11. The molecule has 8 nitrogen and oxygen atoms in total. The molecule has 1 fully saturated rings. The van der Waals surface area contributed by atoms with Gasteiger partial charge in [0.05, 0.1) is 26.4 Å². The standard InChI is InChI=1S/C24H35N5O3/c1-3-25-24(26-12-7-13-29-14-16-30-17-15-29)28-19-20-10-11-23(27-18-20)32-22-9-6-5-8-21(22)31-4-2/h5-6,8-11,18H,3-4,7,12-17,19H2,1-2H3,(H2,25,26,28). The monoisotopic (exact) mass is 441 g/mol. The van der Waals surface area contributed by atoms with E-state index in [1.165, 1.54) is 0 Å². The maximum Gasteiger partial charge on any atom is 0.219 e. The number of nitrogens with zero attached hydrogens (tertiary/aromatic N) is 3. The van der Waals surface area contributed by atoms with Crippen molar-refractivity contribution in [3.05, 3.63) is 48.2 Å². The Bertz CT molecular complexity index is 823. The lowest BCUT2D eigenvalue weighted by Gasteiger charge is -2.26. The molecule has 2 aromatic rings. The zero-order valence-electron chi connectivity index (χ0n) is 19.2. The van der Waals surface area contributed by atoms with Crippen molar-refractivity contribution < 1.29 is 14.2 Å². The van der Waals surface area contributed by atoms with Crippen molar-refractivity contribution in [3.8, 4) is 17.4 Å². The summed E-state index contributed by atoms with van der Waals surface area (Å²) in [5, 5.41) is 6.71. The molecule has 1 aromatic heterocycles. The summed E-state index contributed by atoms with van der Waals surface area (Å²) < 4.78 is 16.9. The number of guanidine groups is 1. The molecule has 0 unspecified atom stereocenters. The molecule has 1 saturated heterocycles. The predicted octanol–water partition coefficient (Wildman–Crippen LogP) is 3.05. The second-order valence-electron chi connectivity index (χ2n) is 7.42. The van der Waals surface area contributed by atoms with Crippen LogP contribution in [0.1, 0.15) is 25.8 Å². The molecule has 32 heavy (non-hydrogen) atoms. The highest BCUT2D eigenvalue weighted by atomic mass is 16.5. The number of ether oxygens (including phenoxy) is 3. The van der Waals surface area contributed by atoms with E-state index in [0.717, 1.165) is 63.9 Å². The van der Waals surface area contributed by atoms with Gasteiger partial charge in [0, 0.05) is 38.4 Å². The Hall–Kier alpha value is -2.84. The molecule has 0 spiro atoms. The average molecular weight is 442 g/mol. The molecule has 0 saturated carbocycles. The first-order chi connectivity index (χ1) is 15.8. The Morgan fingerprint density at radius 2 is 1.91 bits per heavy atom. The summed E-state index contributed by atoms with van der Waals surface area (Å²) in [7, 11) is 0. The normalized spacial score (nSPS) is 14.8. The molecule has 0 amide bonds. The summed E-state index contributed by atoms with van der Waals surface area (Å²) in [4.78, 5) is 11.5. The molecular weight excluding hydrogens is 406 g/mol. The molecule has 1 aliphatic heterocycles. The van der Waals surface area contributed by atoms with E-state index in [1.54, 1.807) is 6.20 Å². The quantitative estimate of drug-likeness (QED) is 0.315. The van der Waals surface area contributed by atoms with Crippen LogP contribution in [0.15, 0.2) is 47.6 Å². The van der Waals surface area contributed by atoms with Gasteiger partial charge in [-0.1, -0.05) is 18.2 Å². The first-order valence-corrected chi connectivity index (χ1v) is 11.5. The summed E-state index contributed by atoms with van der Waals surface area (Å²) in [6, 6.07) is 11.4. The number of hydrogen-bond donors (Lipinski definition) is 2. The van der Waals surface area contributed by atoms with Crippen molar-refractivity contribution in [1.82, 2.24) is 20.5 Å². The summed E-state index contributed by atoms with van der Waals surface area (Å²) in [5.41, 5.74) is 1.01. The van der Waals surface area contributed by atoms with E-state index in [0.29, 0.717) is 30.5 Å². The maximum atomic E-state index is 5.89. The highest BCUT2D eigenvalue weighted by Crippen LogP contribution is 2.30. The van der Waals surface area contributed by atoms with Crippen LogP contribution in [0.2, 0.25) is 0 Å². The summed E-state index contributed by atoms with van der Waals surface area (Å²) in [6.45, 7) is 11.7. The molecule has 1 aliphatic rings. The summed E-state index contributed by atoms with van der Waals surface area (Å²) in [6.07, 6.45) is 2.87. The Labute approximate surface area is 191 Å². The van der Waals surface area contributed by atoms with E-state index in [9.17, 15) is 0 Å². The minimum absolute atomic E-state index is 0.526. The number of aliphatic imine (C=N–C) groups is 1. The fourth-order valence-corrected chi connectivity index (χ4v) is 3.33. The van der Waals surface area contributed by atoms with Gasteiger partial charge in [0.2, 0.25) is 5.88 Å². The molecule has 2 heterocycles. The maximum absolute atomic E-state index is 5.89. The third kappa shape index (κ3) is 8.01. The smallest absolute Gasteiger partial charge is 0.219 e. The van der Waals surface area contributed by atoms with Crippen LogP contribution in [0.5, 0.6) is 17.4 Å². The minimum Gasteiger partial charge on any atom is -0.490 e. The zero-order chi connectivity index (χ0) is 22.4. The van der Waals surface area contributed by atoms with Gasteiger partial charge in [0.1, 0.15) is 0 Å². The topological polar surface area (TPSA) is 80.2 Å². The van der Waals surface area contributed by atoms with E-state index < -0.39 is 0 Å². The summed E-state index contributed by atoms with van der Waals surface area (Å²) >= 11 is 0. The van der Waals surface area contributed by atoms with Crippen LogP contribution >= 0.6 is 0 Å². The van der Waals surface area contributed by atoms with E-state index in [1.807, 2.05) is 43.3 Å². The molecule has 0 aliphatic carbocycles. The zero-order valence-corrected chi connectivity index (χ0v) is 19.2. The number of pyridine rings is 1. The van der Waals surface area contributed by atoms with Gasteiger partial charge < -0.3 is 24.8 Å². The van der Waals surface area contributed by atoms with E-state index in [4.69, 9.17) is 14.2 Å². The van der Waals surface area contributed by atoms with Crippen LogP contribution in [-0.2, 0) is 11.3 Å². The minimum atomic E-state index is 0.526. The van der Waals surface area contributed by atoms with Gasteiger partial charge in [-0.05, 0) is 44.5 Å². The van der Waals surface area contributed by atoms with Crippen molar-refractivity contribution in [2.75, 3.05) is 52.5 Å². The first-order valence-electron chi connectivity index (χ1n) is 11.5. The third-order valence-electron chi connectivity index (χ3n) is 4.97. The van der Waals surface area contributed by atoms with Crippen LogP contribution in [0.4, 0.5) is 0 Å². The summed E-state index contributed by atoms with van der Waals surface area (Å²) in [5.74, 6) is 2.71. The van der Waals surface area contributed by atoms with Crippen molar-refractivity contribution in [3.63, 3.8) is 0 Å². The Morgan fingerprint density at radius 3 is 2.62 bits per heavy atom. The lowest BCUT2D eigenvalue weighted by molar-refractivity contribution is 0.0376. The Balaban J connectivity index is 1.47. The highest BCUT2D eigenvalue weighted by molar-refractivity contribution is 5.79. The molecular formula is C24H35N5O3. The highest BCUT2D eigenvalue weighted by Gasteiger charge is 2.09. The SMILES string of the molecule is CCNC(=NCc1ccc(Oc2ccccc2OCC)nc1)NCCCN1CCOCC1. The molecule has 174 valence electrons. The van der Waals surface area contributed by atoms with Gasteiger partial charge in [0.25, 0.3) is 0 Å². The molecule has 8 heteroatoms. The Kier molecular flexibility index (Phi) is 10.1. The fraction of sp³-hybridized carbons (Fsp3) is 0.500. The van der Waals surface area contributed by atoms with Gasteiger partial charge in [-0.15, -0.1) is 0 Å². The van der Waals surface area contributed by atoms with Crippen LogP contribution in [0, 0.1) is 0 Å². The van der Waals surface area contributed by atoms with Crippen LogP contribution in [0.3, 0.4) is 0 Å². The van der Waals surface area contributed by atoms with Crippen LogP contribution in [-0.4, -0.2) is 68.4 Å². The Morgan fingerprint density at radius 1 is 1.09 bits per heavy atom. The van der Waals surface area contributed by atoms with Gasteiger partial charge in [-0.2, -0.15) is 0 Å². The van der Waals surface area contributed by atoms with E-state index in [2.05, 4.69) is 32.4 Å². The lowest BCUT2D eigenvalue weighted by Crippen LogP contribution is -2.40. The number of morpholine rings is 1. The van der Waals surface area contributed by atoms with Crippen molar-refractivity contribution >= 4 is 5.96 Å². The number of aromatic nitrogens is 1. The van der Waals surface area contributed by atoms with E-state index in [-0.39, 0.29) is 0 Å². The third-order valence-corrected chi connectivity index (χ3v) is 4.97. The fourth-order valence-electron chi connectivity index (χ4n) is 3.33. The molecule has 0 atom stereocenters. The van der Waals surface area contributed by atoms with E-state index >= 15 is 0 Å². The lowest BCUT2D eigenvalue weighted by atomic mass is 10.3. The number of benzene rings is 1. The van der Waals surface area contributed by atoms with Crippen LogP contribution < -0.4 is 20.1 Å². The second-order valence-corrected chi connectivity index (χ2v) is 7.42. The molecule has 3 rings (SSSR count). The van der Waals surface area contributed by atoms with Gasteiger partial charge in [-0.3, -0.25) is 4.90 Å². The van der Waals surface area contributed by atoms with Gasteiger partial charge in [-0.25, -0.2) is 9.98 Å². The molecule has 1 aromatic carbocycles. The number of nitrogens with one attached hydrogen (secondary N) is 2. The molecule has 0 bridgehead atoms. The molecule has 0 radical (unpaired) electrons. The van der Waals surface area contributed by atoms with Crippen molar-refractivity contribution in [2.24, 2.45) is 4.99 Å². The van der Waals surface area contributed by atoms with Crippen molar-refractivity contribution in [2.45, 2.75) is 26.8 Å². The predicted molar refractivity (Wildman–Crippen MR) is 127 cm³/mol. The van der Waals surface area contributed by atoms with Crippen molar-refractivity contribution in [1.29, 1.82) is 0 Å². The van der Waals surface area contributed by atoms with Gasteiger partial charge in [0.15, 0.2) is 17.5 Å². The first kappa shape index (κ1) is 23.8. The largest absolute Gasteiger partial charge is 0.490 e. The number of hydrogen-bond acceptors (Lipinski definition) is 6. The second kappa shape index (κ2) is 13.5. The van der Waals surface area contributed by atoms with Gasteiger partial charge >= 0.3 is 0 Å².